The van der Waals surface area contributed by atoms with Crippen molar-refractivity contribution in [2.75, 3.05) is 10.6 Å². The molecule has 6 rings (SSSR count). The Bertz CT molecular complexity index is 1570. The molecule has 1 amide bonds. The molecule has 34 heavy (non-hydrogen) atoms. The molecule has 0 unspecified atom stereocenters. The first-order valence-electron chi connectivity index (χ1n) is 11.1. The average Bonchev–Trinajstić information content (AvgIpc) is 3.31. The summed E-state index contributed by atoms with van der Waals surface area (Å²) in [5.74, 6) is 1.56. The number of aromatic nitrogens is 2. The van der Waals surface area contributed by atoms with Gasteiger partial charge in [-0.15, -0.1) is 4.40 Å². The lowest BCUT2D eigenvalue weighted by molar-refractivity contribution is 0.102. The molecule has 4 aromatic rings. The van der Waals surface area contributed by atoms with E-state index in [0.29, 0.717) is 28.4 Å². The second kappa shape index (κ2) is 7.81. The van der Waals surface area contributed by atoms with Gasteiger partial charge >= 0.3 is 0 Å². The zero-order valence-corrected chi connectivity index (χ0v) is 18.9. The molecule has 0 atom stereocenters. The van der Waals surface area contributed by atoms with E-state index in [0.717, 1.165) is 16.9 Å². The first-order chi connectivity index (χ1) is 16.5. The van der Waals surface area contributed by atoms with E-state index in [-0.39, 0.29) is 16.6 Å². The Balaban J connectivity index is 1.16. The van der Waals surface area contributed by atoms with Gasteiger partial charge in [0.15, 0.2) is 5.84 Å². The number of amides is 1. The van der Waals surface area contributed by atoms with Crippen LogP contribution in [0.25, 0.3) is 11.0 Å². The van der Waals surface area contributed by atoms with Crippen molar-refractivity contribution in [1.29, 1.82) is 0 Å². The summed E-state index contributed by atoms with van der Waals surface area (Å²) in [4.78, 5) is 21.0. The van der Waals surface area contributed by atoms with Gasteiger partial charge in [0.1, 0.15) is 10.7 Å². The van der Waals surface area contributed by atoms with E-state index >= 15 is 0 Å². The maximum atomic E-state index is 12.8. The summed E-state index contributed by atoms with van der Waals surface area (Å²) in [5.41, 5.74) is 4.13. The highest BCUT2D eigenvalue weighted by atomic mass is 32.2. The molecule has 170 valence electrons. The number of nitrogens with zero attached hydrogens (tertiary/aromatic N) is 2. The average molecular weight is 472 g/mol. The van der Waals surface area contributed by atoms with Crippen LogP contribution in [-0.2, 0) is 10.0 Å². The highest BCUT2D eigenvalue weighted by molar-refractivity contribution is 7.90. The Morgan fingerprint density at radius 1 is 0.971 bits per heavy atom. The highest BCUT2D eigenvalue weighted by Crippen LogP contribution is 2.35. The van der Waals surface area contributed by atoms with Crippen LogP contribution < -0.4 is 10.6 Å². The number of imidazole rings is 1. The number of amidine groups is 1. The molecule has 1 aliphatic heterocycles. The van der Waals surface area contributed by atoms with Gasteiger partial charge in [-0.1, -0.05) is 18.6 Å². The molecule has 3 aromatic carbocycles. The molecule has 9 heteroatoms. The van der Waals surface area contributed by atoms with Crippen molar-refractivity contribution < 1.29 is 13.2 Å². The molecule has 2 heterocycles. The van der Waals surface area contributed by atoms with Crippen molar-refractivity contribution in [2.45, 2.75) is 30.1 Å². The van der Waals surface area contributed by atoms with Gasteiger partial charge in [0.25, 0.3) is 15.9 Å². The van der Waals surface area contributed by atoms with E-state index in [1.807, 2.05) is 18.2 Å². The summed E-state index contributed by atoms with van der Waals surface area (Å²) in [6, 6.07) is 19.1. The Kier molecular flexibility index (Phi) is 4.73. The van der Waals surface area contributed by atoms with E-state index in [4.69, 9.17) is 0 Å². The third-order valence-electron chi connectivity index (χ3n) is 6.29. The standard InChI is InChI=1S/C25H21N5O3S/c31-25(27-18-12-13-20-21(14-18)29-23(28-20)15-4-3-5-15)16-8-10-17(11-9-16)26-24-19-6-1-2-7-22(19)34(32,33)30-24/h1-2,6-15H,3-5H2,(H,26,30)(H,27,31)(H,28,29). The number of fused-ring (bicyclic) bond motifs is 2. The van der Waals surface area contributed by atoms with E-state index < -0.39 is 10.0 Å². The number of carbonyl (C=O) groups is 1. The van der Waals surface area contributed by atoms with Crippen LogP contribution in [0, 0.1) is 0 Å². The minimum absolute atomic E-state index is 0.183. The van der Waals surface area contributed by atoms with Crippen molar-refractivity contribution in [3.05, 3.63) is 83.7 Å². The van der Waals surface area contributed by atoms with Crippen LogP contribution in [0.4, 0.5) is 11.4 Å². The SMILES string of the molecule is O=C(Nc1ccc2nc(C3CCC3)[nH]c2c1)c1ccc(NC2=NS(=O)(=O)c3ccccc32)cc1. The summed E-state index contributed by atoms with van der Waals surface area (Å²) in [6.45, 7) is 0. The van der Waals surface area contributed by atoms with Gasteiger partial charge < -0.3 is 15.6 Å². The fraction of sp³-hybridized carbons (Fsp3) is 0.160. The molecule has 2 aliphatic rings. The molecule has 0 spiro atoms. The zero-order valence-electron chi connectivity index (χ0n) is 18.1. The third kappa shape index (κ3) is 3.63. The predicted octanol–water partition coefficient (Wildman–Crippen LogP) is 4.64. The van der Waals surface area contributed by atoms with Crippen LogP contribution in [0.5, 0.6) is 0 Å². The van der Waals surface area contributed by atoms with Crippen molar-refractivity contribution in [1.82, 2.24) is 9.97 Å². The Morgan fingerprint density at radius 2 is 1.74 bits per heavy atom. The summed E-state index contributed by atoms with van der Waals surface area (Å²) in [5, 5.41) is 5.96. The largest absolute Gasteiger partial charge is 0.342 e. The first-order valence-corrected chi connectivity index (χ1v) is 12.5. The van der Waals surface area contributed by atoms with Crippen LogP contribution in [0.15, 0.2) is 76.0 Å². The maximum absolute atomic E-state index is 12.8. The van der Waals surface area contributed by atoms with Gasteiger partial charge in [-0.05, 0) is 67.4 Å². The lowest BCUT2D eigenvalue weighted by Crippen LogP contribution is -2.13. The first kappa shape index (κ1) is 20.6. The molecule has 1 fully saturated rings. The fourth-order valence-electron chi connectivity index (χ4n) is 4.22. The Morgan fingerprint density at radius 3 is 2.50 bits per heavy atom. The van der Waals surface area contributed by atoms with Crippen LogP contribution in [-0.4, -0.2) is 30.1 Å². The summed E-state index contributed by atoms with van der Waals surface area (Å²) in [6.07, 6.45) is 3.59. The lowest BCUT2D eigenvalue weighted by atomic mass is 9.85. The highest BCUT2D eigenvalue weighted by Gasteiger charge is 2.28. The lowest BCUT2D eigenvalue weighted by Gasteiger charge is -2.22. The molecule has 0 bridgehead atoms. The van der Waals surface area contributed by atoms with E-state index in [2.05, 4.69) is 25.0 Å². The van der Waals surface area contributed by atoms with Crippen LogP contribution >= 0.6 is 0 Å². The van der Waals surface area contributed by atoms with Gasteiger partial charge in [0.2, 0.25) is 0 Å². The van der Waals surface area contributed by atoms with Crippen LogP contribution in [0.1, 0.15) is 46.9 Å². The van der Waals surface area contributed by atoms with Crippen LogP contribution in [0.3, 0.4) is 0 Å². The number of benzene rings is 3. The maximum Gasteiger partial charge on any atom is 0.285 e. The molecule has 1 aromatic heterocycles. The van der Waals surface area contributed by atoms with Crippen molar-refractivity contribution in [3.63, 3.8) is 0 Å². The van der Waals surface area contributed by atoms with Crippen molar-refractivity contribution in [2.24, 2.45) is 4.40 Å². The number of anilines is 2. The van der Waals surface area contributed by atoms with E-state index in [9.17, 15) is 13.2 Å². The van der Waals surface area contributed by atoms with E-state index in [1.54, 1.807) is 42.5 Å². The fourth-order valence-corrected chi connectivity index (χ4v) is 5.40. The number of carbonyl (C=O) groups excluding carboxylic acids is 1. The van der Waals surface area contributed by atoms with Crippen LogP contribution in [0.2, 0.25) is 0 Å². The Hall–Kier alpha value is -3.98. The molecular weight excluding hydrogens is 450 g/mol. The predicted molar refractivity (Wildman–Crippen MR) is 131 cm³/mol. The topological polar surface area (TPSA) is 116 Å². The number of nitrogens with one attached hydrogen (secondary N) is 3. The van der Waals surface area contributed by atoms with Gasteiger partial charge in [-0.25, -0.2) is 4.98 Å². The third-order valence-corrected chi connectivity index (χ3v) is 7.63. The summed E-state index contributed by atoms with van der Waals surface area (Å²) < 4.78 is 28.3. The molecule has 1 saturated carbocycles. The normalized spacial score (nSPS) is 16.5. The number of hydrogen-bond acceptors (Lipinski definition) is 5. The molecule has 0 saturated heterocycles. The number of hydrogen-bond donors (Lipinski definition) is 3. The summed E-state index contributed by atoms with van der Waals surface area (Å²) >= 11 is 0. The summed E-state index contributed by atoms with van der Waals surface area (Å²) in [7, 11) is -3.69. The minimum atomic E-state index is -3.69. The van der Waals surface area contributed by atoms with Gasteiger partial charge in [0.05, 0.1) is 11.0 Å². The molecule has 8 nitrogen and oxygen atoms in total. The zero-order chi connectivity index (χ0) is 23.3. The molecule has 1 aliphatic carbocycles. The molecule has 0 radical (unpaired) electrons. The minimum Gasteiger partial charge on any atom is -0.342 e. The van der Waals surface area contributed by atoms with E-state index in [1.165, 1.54) is 25.3 Å². The number of H-pyrrole nitrogens is 1. The van der Waals surface area contributed by atoms with Crippen molar-refractivity contribution >= 4 is 44.2 Å². The van der Waals surface area contributed by atoms with Crippen molar-refractivity contribution in [3.8, 4) is 0 Å². The van der Waals surface area contributed by atoms with Gasteiger partial charge in [-0.2, -0.15) is 8.42 Å². The second-order valence-electron chi connectivity index (χ2n) is 8.55. The number of rotatable bonds is 4. The smallest absolute Gasteiger partial charge is 0.285 e. The number of sulfonamides is 1. The second-order valence-corrected chi connectivity index (χ2v) is 10.1. The quantitative estimate of drug-likeness (QED) is 0.401. The molecular formula is C25H21N5O3S. The monoisotopic (exact) mass is 471 g/mol. The Labute approximate surface area is 196 Å². The van der Waals surface area contributed by atoms with Gasteiger partial charge in [-0.3, -0.25) is 4.79 Å². The number of aromatic amines is 1. The molecule has 3 N–H and O–H groups in total. The van der Waals surface area contributed by atoms with Gasteiger partial charge in [0, 0.05) is 28.4 Å².